The van der Waals surface area contributed by atoms with E-state index in [1.54, 1.807) is 33.4 Å². The summed E-state index contributed by atoms with van der Waals surface area (Å²) in [5.74, 6) is 5.92. The van der Waals surface area contributed by atoms with Gasteiger partial charge < -0.3 is 9.13 Å². The molecule has 4 aromatic heterocycles. The molecule has 4 aliphatic heterocycles. The summed E-state index contributed by atoms with van der Waals surface area (Å²) in [5.41, 5.74) is 4.28. The van der Waals surface area contributed by atoms with Crippen LogP contribution in [0.25, 0.3) is 67.9 Å². The molecule has 0 spiro atoms. The molecule has 0 amide bonds. The fraction of sp³-hybridized carbons (Fsp3) is 0.174. The molecule has 4 aliphatic rings. The standard InChI is InChI=1S/C46H34N12O4/c1-5-55-37-25-36-38(26-35(37)51-39-41(55)53-45(61)57(43(39)59)23-11-17-29-15-9-21-33(49-29)31-19-7-13-27(3)47-31)56(6-2)42-40(52-36)44(60)58(46(62)54-42)24-12-18-30-16-10-22-34(50-30)32-20-8-14-28(4)48-32/h7-10,13-16,19-22,25-26H,5-6,17-18H2,1-4H3. The zero-order chi connectivity index (χ0) is 43.1. The number of aromatic nitrogens is 12. The van der Waals surface area contributed by atoms with Gasteiger partial charge in [0.2, 0.25) is 0 Å². The van der Waals surface area contributed by atoms with E-state index >= 15 is 0 Å². The third kappa shape index (κ3) is 7.15. The van der Waals surface area contributed by atoms with Gasteiger partial charge in [-0.3, -0.25) is 29.5 Å². The van der Waals surface area contributed by atoms with Gasteiger partial charge in [-0.05, 0) is 88.4 Å². The molecule has 8 heterocycles. The van der Waals surface area contributed by atoms with E-state index in [0.717, 1.165) is 31.9 Å². The summed E-state index contributed by atoms with van der Waals surface area (Å²) in [7, 11) is 0. The molecule has 0 atom stereocenters. The molecule has 302 valence electrons. The minimum Gasteiger partial charge on any atom is -0.323 e. The summed E-state index contributed by atoms with van der Waals surface area (Å²) >= 11 is 0. The number of hydrogen-bond donors (Lipinski definition) is 0. The van der Waals surface area contributed by atoms with Crippen molar-refractivity contribution in [2.45, 2.75) is 53.6 Å². The Kier molecular flexibility index (Phi) is 10.0. The van der Waals surface area contributed by atoms with E-state index in [9.17, 15) is 19.2 Å². The van der Waals surface area contributed by atoms with Crippen molar-refractivity contribution in [3.63, 3.8) is 0 Å². The molecule has 5 aromatic rings. The van der Waals surface area contributed by atoms with Gasteiger partial charge in [0.25, 0.3) is 11.1 Å². The first-order chi connectivity index (χ1) is 30.1. The highest BCUT2D eigenvalue weighted by atomic mass is 16.2. The van der Waals surface area contributed by atoms with E-state index in [2.05, 4.69) is 63.8 Å². The van der Waals surface area contributed by atoms with E-state index in [1.807, 2.05) is 88.4 Å². The highest BCUT2D eigenvalue weighted by molar-refractivity contribution is 5.94. The van der Waals surface area contributed by atoms with Gasteiger partial charge in [0.15, 0.2) is 23.0 Å². The predicted molar refractivity (Wildman–Crippen MR) is 232 cm³/mol. The highest BCUT2D eigenvalue weighted by Gasteiger charge is 2.24. The van der Waals surface area contributed by atoms with Gasteiger partial charge >= 0.3 is 11.4 Å². The number of rotatable bonds is 6. The maximum atomic E-state index is 13.9. The van der Waals surface area contributed by atoms with Crippen LogP contribution in [0.4, 0.5) is 0 Å². The Labute approximate surface area is 352 Å². The van der Waals surface area contributed by atoms with Crippen molar-refractivity contribution in [3.8, 4) is 69.7 Å². The number of hydrogen-bond acceptors (Lipinski definition) is 12. The van der Waals surface area contributed by atoms with Crippen LogP contribution in [-0.2, 0) is 25.9 Å². The Morgan fingerprint density at radius 2 is 0.871 bits per heavy atom. The number of aryl methyl sites for hydroxylation is 4. The van der Waals surface area contributed by atoms with Crippen LogP contribution in [0.5, 0.6) is 0 Å². The van der Waals surface area contributed by atoms with Crippen LogP contribution < -0.4 is 22.5 Å². The van der Waals surface area contributed by atoms with Gasteiger partial charge in [-0.2, -0.15) is 19.1 Å². The number of benzene rings is 1. The SMILES string of the molecule is CCn1c2nc(=O)n(C#CCc3cccc(-c4cccc(C)n4)n3)c(=O)c-2nc2cc3c(cc21)nc1c(=O)n(C#CCc2cccc(-c4cccc(C)n4)n2)c(=O)nc-1n3CC. The Balaban J connectivity index is 1.09. The lowest BCUT2D eigenvalue weighted by Crippen LogP contribution is -2.37. The Morgan fingerprint density at radius 3 is 1.26 bits per heavy atom. The van der Waals surface area contributed by atoms with Gasteiger partial charge in [-0.15, -0.1) is 0 Å². The fourth-order valence-electron chi connectivity index (χ4n) is 7.24. The van der Waals surface area contributed by atoms with Gasteiger partial charge in [-0.1, -0.05) is 36.1 Å². The molecule has 0 saturated heterocycles. The molecule has 16 heteroatoms. The summed E-state index contributed by atoms with van der Waals surface area (Å²) in [5, 5.41) is 0. The van der Waals surface area contributed by atoms with Crippen LogP contribution in [0.3, 0.4) is 0 Å². The first-order valence-electron chi connectivity index (χ1n) is 19.7. The van der Waals surface area contributed by atoms with E-state index < -0.39 is 22.5 Å². The average Bonchev–Trinajstić information content (AvgIpc) is 3.27. The second-order valence-electron chi connectivity index (χ2n) is 14.2. The van der Waals surface area contributed by atoms with Crippen LogP contribution in [0, 0.1) is 37.8 Å². The van der Waals surface area contributed by atoms with Gasteiger partial charge in [0, 0.05) is 36.6 Å². The van der Waals surface area contributed by atoms with E-state index in [0.29, 0.717) is 57.9 Å². The molecular formula is C46H34N12O4. The molecule has 0 aliphatic carbocycles. The molecule has 0 fully saturated rings. The van der Waals surface area contributed by atoms with Gasteiger partial charge in [0.05, 0.1) is 69.1 Å². The normalized spacial score (nSPS) is 11.2. The molecule has 16 nitrogen and oxygen atoms in total. The first-order valence-corrected chi connectivity index (χ1v) is 19.7. The van der Waals surface area contributed by atoms with Crippen molar-refractivity contribution in [2.75, 3.05) is 0 Å². The summed E-state index contributed by atoms with van der Waals surface area (Å²) < 4.78 is 4.88. The monoisotopic (exact) mass is 818 g/mol. The molecule has 0 bridgehead atoms. The predicted octanol–water partition coefficient (Wildman–Crippen LogP) is 4.10. The maximum absolute atomic E-state index is 13.9. The molecule has 1 aromatic carbocycles. The van der Waals surface area contributed by atoms with Crippen molar-refractivity contribution < 1.29 is 0 Å². The van der Waals surface area contributed by atoms with Crippen LogP contribution >= 0.6 is 0 Å². The van der Waals surface area contributed by atoms with Gasteiger partial charge in [-0.25, -0.2) is 19.6 Å². The molecule has 0 unspecified atom stereocenters. The van der Waals surface area contributed by atoms with Crippen LogP contribution in [0.15, 0.2) is 104 Å². The van der Waals surface area contributed by atoms with Crippen LogP contribution in [0.2, 0.25) is 0 Å². The van der Waals surface area contributed by atoms with Gasteiger partial charge in [0.1, 0.15) is 0 Å². The number of pyridine rings is 4. The largest absolute Gasteiger partial charge is 0.364 e. The molecular weight excluding hydrogens is 785 g/mol. The van der Waals surface area contributed by atoms with Crippen molar-refractivity contribution in [1.82, 2.24) is 58.1 Å². The van der Waals surface area contributed by atoms with Crippen molar-refractivity contribution in [3.05, 3.63) is 149 Å². The summed E-state index contributed by atoms with van der Waals surface area (Å²) in [6.45, 7) is 8.12. The molecule has 0 radical (unpaired) electrons. The zero-order valence-corrected chi connectivity index (χ0v) is 33.9. The van der Waals surface area contributed by atoms with Crippen molar-refractivity contribution in [1.29, 1.82) is 0 Å². The van der Waals surface area contributed by atoms with Crippen LogP contribution in [-0.4, -0.2) is 58.1 Å². The smallest absolute Gasteiger partial charge is 0.323 e. The minimum atomic E-state index is -0.856. The zero-order valence-electron chi connectivity index (χ0n) is 33.9. The summed E-state index contributed by atoms with van der Waals surface area (Å²) in [4.78, 5) is 90.7. The number of nitrogens with zero attached hydrogens (tertiary/aromatic N) is 12. The third-order valence-electron chi connectivity index (χ3n) is 10.1. The van der Waals surface area contributed by atoms with E-state index in [1.165, 1.54) is 0 Å². The lowest BCUT2D eigenvalue weighted by atomic mass is 10.2. The molecule has 0 N–H and O–H groups in total. The Hall–Kier alpha value is -8.50. The quantitative estimate of drug-likeness (QED) is 0.173. The number of fused-ring (bicyclic) bond motifs is 4. The minimum absolute atomic E-state index is 0.0646. The maximum Gasteiger partial charge on any atom is 0.364 e. The lowest BCUT2D eigenvalue weighted by molar-refractivity contribution is 0.743. The first kappa shape index (κ1) is 39.0. The third-order valence-corrected chi connectivity index (χ3v) is 10.1. The topological polar surface area (TPSA) is 191 Å². The fourth-order valence-corrected chi connectivity index (χ4v) is 7.24. The molecule has 0 saturated carbocycles. The Morgan fingerprint density at radius 1 is 0.484 bits per heavy atom. The van der Waals surface area contributed by atoms with Crippen molar-refractivity contribution >= 4 is 22.1 Å². The van der Waals surface area contributed by atoms with Crippen LogP contribution in [0.1, 0.15) is 36.6 Å². The average molecular weight is 819 g/mol. The lowest BCUT2D eigenvalue weighted by Gasteiger charge is -2.19. The second kappa shape index (κ2) is 15.9. The molecule has 9 rings (SSSR count). The second-order valence-corrected chi connectivity index (χ2v) is 14.2. The van der Waals surface area contributed by atoms with E-state index in [-0.39, 0.29) is 35.9 Å². The summed E-state index contributed by atoms with van der Waals surface area (Å²) in [6.07, 6.45) is 0.312. The molecule has 62 heavy (non-hydrogen) atoms. The summed E-state index contributed by atoms with van der Waals surface area (Å²) in [6, 6.07) is 31.1. The Bertz CT molecular complexity index is 3360. The van der Waals surface area contributed by atoms with E-state index in [4.69, 9.17) is 0 Å². The highest BCUT2D eigenvalue weighted by Crippen LogP contribution is 2.28. The van der Waals surface area contributed by atoms with Crippen molar-refractivity contribution in [2.24, 2.45) is 0 Å².